The first kappa shape index (κ1) is 29.0. The number of nitrogens with one attached hydrogen (secondary N) is 1. The first-order valence-electron chi connectivity index (χ1n) is 12.6. The van der Waals surface area contributed by atoms with E-state index in [1.807, 2.05) is 0 Å². The van der Waals surface area contributed by atoms with Crippen molar-refractivity contribution in [3.05, 3.63) is 89.9 Å². The Labute approximate surface area is 234 Å². The van der Waals surface area contributed by atoms with Crippen molar-refractivity contribution in [1.29, 1.82) is 0 Å². The summed E-state index contributed by atoms with van der Waals surface area (Å²) >= 11 is 0. The van der Waals surface area contributed by atoms with Crippen LogP contribution < -0.4 is 11.1 Å². The summed E-state index contributed by atoms with van der Waals surface area (Å²) in [6.45, 7) is -0.441. The maximum atomic E-state index is 14.8. The molecule has 9 nitrogen and oxygen atoms in total. The molecule has 3 aromatic heterocycles. The van der Waals surface area contributed by atoms with Gasteiger partial charge in [-0.15, -0.1) is 10.2 Å². The summed E-state index contributed by atoms with van der Waals surface area (Å²) in [4.78, 5) is 12.2. The van der Waals surface area contributed by atoms with Crippen LogP contribution in [0.15, 0.2) is 71.4 Å². The van der Waals surface area contributed by atoms with Gasteiger partial charge in [-0.05, 0) is 37.0 Å². The quantitative estimate of drug-likeness (QED) is 0.205. The highest BCUT2D eigenvalue weighted by Gasteiger charge is 2.61. The molecule has 2 atom stereocenters. The lowest BCUT2D eigenvalue weighted by molar-refractivity contribution is -0.299. The molecule has 1 aliphatic heterocycles. The van der Waals surface area contributed by atoms with Crippen LogP contribution in [-0.4, -0.2) is 31.3 Å². The fraction of sp³-hybridized carbons (Fsp3) is 0.296. The Kier molecular flexibility index (Phi) is 7.86. The fourth-order valence-corrected chi connectivity index (χ4v) is 4.40. The fourth-order valence-electron chi connectivity index (χ4n) is 4.40. The average molecular weight is 592 g/mol. The zero-order valence-corrected chi connectivity index (χ0v) is 21.7. The highest BCUT2D eigenvalue weighted by Crippen LogP contribution is 2.47. The number of fused-ring (bicyclic) bond motifs is 5. The average Bonchev–Trinajstić information content (AvgIpc) is 3.44. The van der Waals surface area contributed by atoms with Gasteiger partial charge in [-0.25, -0.2) is 15.0 Å². The third-order valence-electron chi connectivity index (χ3n) is 6.53. The summed E-state index contributed by atoms with van der Waals surface area (Å²) in [5.74, 6) is -2.08. The summed E-state index contributed by atoms with van der Waals surface area (Å²) in [6, 6.07) is 9.39. The van der Waals surface area contributed by atoms with Crippen molar-refractivity contribution < 1.29 is 35.5 Å². The Hall–Kier alpha value is -4.53. The van der Waals surface area contributed by atoms with Gasteiger partial charge in [-0.1, -0.05) is 42.5 Å². The number of halogens is 6. The highest BCUT2D eigenvalue weighted by atomic mass is 19.4. The Morgan fingerprint density at radius 2 is 1.74 bits per heavy atom. The van der Waals surface area contributed by atoms with Crippen molar-refractivity contribution in [2.24, 2.45) is 0 Å². The molecule has 4 heterocycles. The molecule has 0 saturated carbocycles. The van der Waals surface area contributed by atoms with E-state index in [2.05, 4.69) is 30.5 Å². The molecule has 0 radical (unpaired) electrons. The van der Waals surface area contributed by atoms with Gasteiger partial charge in [0.1, 0.15) is 5.82 Å². The number of nitrogen functional groups attached to an aromatic ring is 1. The molecule has 4 bridgehead atoms. The molecule has 42 heavy (non-hydrogen) atoms. The topological polar surface area (TPSA) is 125 Å². The standard InChI is InChI=1S/C27H23F6N7O2/c28-26(29,30)17-14-18(34)20-23-39-40-24(42-23)25(27(31,32)33,41-15-16-8-3-1-4-9-16)11-6-2-5-10-19(37-21(17)38-20)22-35-12-7-13-36-22/h1-5,7-9,12-14,19H,6,10-11,15,34H2,(H,37,38)/b5-2-/t19?,25-/m1/s1. The van der Waals surface area contributed by atoms with Gasteiger partial charge < -0.3 is 20.2 Å². The number of aromatic nitrogens is 5. The first-order chi connectivity index (χ1) is 20.0. The van der Waals surface area contributed by atoms with Gasteiger partial charge in [-0.2, -0.15) is 26.3 Å². The minimum atomic E-state index is -5.03. The van der Waals surface area contributed by atoms with Crippen molar-refractivity contribution in [3.63, 3.8) is 0 Å². The minimum absolute atomic E-state index is 0.0188. The third kappa shape index (κ3) is 5.91. The molecule has 0 spiro atoms. The van der Waals surface area contributed by atoms with Crippen LogP contribution in [0.3, 0.4) is 0 Å². The number of rotatable bonds is 4. The first-order valence-corrected chi connectivity index (χ1v) is 12.6. The second kappa shape index (κ2) is 11.4. The molecule has 0 aliphatic carbocycles. The SMILES string of the molecule is Nc1cc(C(F)(F)F)c2nc1-c1nnc(o1)[C@@](OCc1ccccc1)(C(F)(F)F)CC/C=C\CC(c1ncccn1)N2. The van der Waals surface area contributed by atoms with Crippen LogP contribution in [0.5, 0.6) is 0 Å². The smallest absolute Gasteiger partial charge is 0.416 e. The van der Waals surface area contributed by atoms with Gasteiger partial charge in [0.05, 0.1) is 23.9 Å². The third-order valence-corrected chi connectivity index (χ3v) is 6.53. The van der Waals surface area contributed by atoms with Crippen LogP contribution in [0.4, 0.5) is 37.8 Å². The summed E-state index contributed by atoms with van der Waals surface area (Å²) in [5, 5.41) is 10.0. The summed E-state index contributed by atoms with van der Waals surface area (Å²) < 4.78 is 97.5. The molecule has 0 fully saturated rings. The van der Waals surface area contributed by atoms with Crippen LogP contribution in [0.25, 0.3) is 11.6 Å². The monoisotopic (exact) mass is 591 g/mol. The molecule has 1 unspecified atom stereocenters. The van der Waals surface area contributed by atoms with Crippen LogP contribution in [-0.2, 0) is 23.1 Å². The summed E-state index contributed by atoms with van der Waals surface area (Å²) in [7, 11) is 0. The van der Waals surface area contributed by atoms with Gasteiger partial charge in [0.25, 0.3) is 11.8 Å². The molecule has 220 valence electrons. The number of hydrogen-bond donors (Lipinski definition) is 2. The predicted octanol–water partition coefficient (Wildman–Crippen LogP) is 6.39. The second-order valence-corrected chi connectivity index (χ2v) is 9.38. The minimum Gasteiger partial charge on any atom is -0.416 e. The van der Waals surface area contributed by atoms with Crippen molar-refractivity contribution in [2.45, 2.75) is 49.9 Å². The number of nitrogens with zero attached hydrogens (tertiary/aromatic N) is 5. The van der Waals surface area contributed by atoms with E-state index < -0.39 is 71.6 Å². The number of allylic oxidation sites excluding steroid dienone is 1. The lowest BCUT2D eigenvalue weighted by Gasteiger charge is -2.32. The Balaban J connectivity index is 1.65. The number of nitrogens with two attached hydrogens (primary N) is 1. The maximum Gasteiger partial charge on any atom is 0.426 e. The van der Waals surface area contributed by atoms with Crippen LogP contribution in [0.2, 0.25) is 0 Å². The van der Waals surface area contributed by atoms with Gasteiger partial charge in [0.2, 0.25) is 5.60 Å². The molecule has 3 N–H and O–H groups in total. The lowest BCUT2D eigenvalue weighted by Crippen LogP contribution is -2.45. The van der Waals surface area contributed by atoms with Crippen molar-refractivity contribution in [2.75, 3.05) is 11.1 Å². The molecular formula is C27H23F6N7O2. The predicted molar refractivity (Wildman–Crippen MR) is 137 cm³/mol. The number of pyridine rings is 1. The lowest BCUT2D eigenvalue weighted by atomic mass is 9.95. The summed E-state index contributed by atoms with van der Waals surface area (Å²) in [6.07, 6.45) is -4.89. The van der Waals surface area contributed by atoms with Gasteiger partial charge in [0, 0.05) is 12.4 Å². The molecule has 1 aliphatic rings. The molecule has 15 heteroatoms. The van der Waals surface area contributed by atoms with E-state index >= 15 is 0 Å². The number of benzene rings is 1. The van der Waals surface area contributed by atoms with E-state index in [9.17, 15) is 26.3 Å². The Morgan fingerprint density at radius 3 is 2.43 bits per heavy atom. The Morgan fingerprint density at radius 1 is 1.00 bits per heavy atom. The Bertz CT molecular complexity index is 1540. The van der Waals surface area contributed by atoms with E-state index in [-0.39, 0.29) is 18.7 Å². The van der Waals surface area contributed by atoms with Crippen LogP contribution in [0, 0.1) is 0 Å². The van der Waals surface area contributed by atoms with E-state index in [4.69, 9.17) is 14.9 Å². The van der Waals surface area contributed by atoms with E-state index in [0.717, 1.165) is 0 Å². The van der Waals surface area contributed by atoms with Crippen molar-refractivity contribution >= 4 is 11.5 Å². The molecule has 1 aromatic carbocycles. The molecule has 5 rings (SSSR count). The van der Waals surface area contributed by atoms with E-state index in [1.165, 1.54) is 30.6 Å². The number of ether oxygens (including phenoxy) is 1. The van der Waals surface area contributed by atoms with Gasteiger partial charge in [-0.3, -0.25) is 0 Å². The maximum absolute atomic E-state index is 14.8. The number of anilines is 2. The number of alkyl halides is 6. The van der Waals surface area contributed by atoms with Crippen molar-refractivity contribution in [3.8, 4) is 11.6 Å². The van der Waals surface area contributed by atoms with Gasteiger partial charge >= 0.3 is 12.4 Å². The molecule has 0 amide bonds. The van der Waals surface area contributed by atoms with E-state index in [1.54, 1.807) is 30.3 Å². The van der Waals surface area contributed by atoms with Crippen LogP contribution in [0.1, 0.15) is 48.1 Å². The van der Waals surface area contributed by atoms with Gasteiger partial charge in [0.15, 0.2) is 11.5 Å². The normalized spacial score (nSPS) is 20.4. The zero-order chi connectivity index (χ0) is 30.0. The molecule has 0 saturated heterocycles. The second-order valence-electron chi connectivity index (χ2n) is 9.38. The number of hydrogen-bond acceptors (Lipinski definition) is 9. The van der Waals surface area contributed by atoms with Crippen LogP contribution >= 0.6 is 0 Å². The molecule has 4 aromatic rings. The highest BCUT2D eigenvalue weighted by molar-refractivity contribution is 5.71. The summed E-state index contributed by atoms with van der Waals surface area (Å²) in [5.41, 5.74) is 1.12. The van der Waals surface area contributed by atoms with E-state index in [0.29, 0.717) is 11.6 Å². The molecular weight excluding hydrogens is 568 g/mol. The van der Waals surface area contributed by atoms with Crippen molar-refractivity contribution in [1.82, 2.24) is 25.1 Å². The zero-order valence-electron chi connectivity index (χ0n) is 21.7. The largest absolute Gasteiger partial charge is 0.426 e.